The fourth-order valence-electron chi connectivity index (χ4n) is 1.56. The first-order chi connectivity index (χ1) is 5.57. The zero-order valence-electron chi connectivity index (χ0n) is 7.42. The highest BCUT2D eigenvalue weighted by atomic mass is 16.3. The molecule has 1 rings (SSSR count). The fourth-order valence-corrected chi connectivity index (χ4v) is 1.56. The van der Waals surface area contributed by atoms with Crippen molar-refractivity contribution in [3.8, 4) is 0 Å². The van der Waals surface area contributed by atoms with Crippen molar-refractivity contribution in [2.75, 3.05) is 19.7 Å². The lowest BCUT2D eigenvalue weighted by molar-refractivity contribution is -0.131. The first kappa shape index (κ1) is 9.48. The maximum atomic E-state index is 11.0. The summed E-state index contributed by atoms with van der Waals surface area (Å²) in [6, 6.07) is 0. The summed E-state index contributed by atoms with van der Waals surface area (Å²) < 4.78 is 0. The van der Waals surface area contributed by atoms with Crippen LogP contribution in [0.15, 0.2) is 0 Å². The van der Waals surface area contributed by atoms with Crippen LogP contribution in [0.4, 0.5) is 0 Å². The number of rotatable bonds is 1. The number of likely N-dealkylation sites (tertiary alicyclic amines) is 1. The summed E-state index contributed by atoms with van der Waals surface area (Å²) >= 11 is 0. The summed E-state index contributed by atoms with van der Waals surface area (Å²) in [4.78, 5) is 12.7. The second kappa shape index (κ2) is 3.41. The lowest BCUT2D eigenvalue weighted by Gasteiger charge is -2.38. The van der Waals surface area contributed by atoms with Crippen molar-refractivity contribution in [3.63, 3.8) is 0 Å². The molecule has 1 fully saturated rings. The predicted octanol–water partition coefficient (Wildman–Crippen LogP) is -0.681. The molecule has 70 valence electrons. The van der Waals surface area contributed by atoms with Crippen molar-refractivity contribution in [3.05, 3.63) is 0 Å². The third-order valence-electron chi connectivity index (χ3n) is 2.37. The van der Waals surface area contributed by atoms with Crippen LogP contribution in [0.2, 0.25) is 0 Å². The van der Waals surface area contributed by atoms with Gasteiger partial charge < -0.3 is 15.7 Å². The Morgan fingerprint density at radius 1 is 1.75 bits per heavy atom. The maximum Gasteiger partial charge on any atom is 0.219 e. The van der Waals surface area contributed by atoms with Crippen molar-refractivity contribution in [1.82, 2.24) is 4.90 Å². The van der Waals surface area contributed by atoms with E-state index < -0.39 is 5.54 Å². The van der Waals surface area contributed by atoms with E-state index >= 15 is 0 Å². The predicted molar refractivity (Wildman–Crippen MR) is 45.5 cm³/mol. The zero-order valence-corrected chi connectivity index (χ0v) is 7.42. The van der Waals surface area contributed by atoms with Gasteiger partial charge in [-0.15, -0.1) is 0 Å². The Hall–Kier alpha value is -0.610. The number of carbonyl (C=O) groups is 1. The molecule has 1 unspecified atom stereocenters. The molecule has 1 aliphatic rings. The molecule has 1 aliphatic heterocycles. The van der Waals surface area contributed by atoms with Gasteiger partial charge in [0.05, 0.1) is 12.1 Å². The van der Waals surface area contributed by atoms with Gasteiger partial charge in [-0.05, 0) is 12.8 Å². The van der Waals surface area contributed by atoms with Crippen LogP contribution in [-0.2, 0) is 4.79 Å². The quantitative estimate of drug-likeness (QED) is 0.550. The number of amides is 1. The molecule has 1 saturated heterocycles. The second-order valence-corrected chi connectivity index (χ2v) is 3.56. The molecule has 4 nitrogen and oxygen atoms in total. The lowest BCUT2D eigenvalue weighted by atomic mass is 9.91. The Balaban J connectivity index is 2.57. The molecule has 0 aromatic carbocycles. The van der Waals surface area contributed by atoms with E-state index in [1.54, 1.807) is 4.90 Å². The number of hydrogen-bond acceptors (Lipinski definition) is 3. The van der Waals surface area contributed by atoms with Gasteiger partial charge in [0.25, 0.3) is 0 Å². The normalized spacial score (nSPS) is 30.4. The van der Waals surface area contributed by atoms with Crippen LogP contribution < -0.4 is 5.73 Å². The summed E-state index contributed by atoms with van der Waals surface area (Å²) in [5, 5.41) is 8.99. The molecular weight excluding hydrogens is 156 g/mol. The lowest BCUT2D eigenvalue weighted by Crippen LogP contribution is -2.57. The van der Waals surface area contributed by atoms with Crippen LogP contribution in [-0.4, -0.2) is 41.1 Å². The van der Waals surface area contributed by atoms with Crippen molar-refractivity contribution < 1.29 is 9.90 Å². The molecule has 4 heteroatoms. The fraction of sp³-hybridized carbons (Fsp3) is 0.875. The molecule has 0 aliphatic carbocycles. The molecule has 0 radical (unpaired) electrons. The number of carbonyl (C=O) groups excluding carboxylic acids is 1. The molecule has 1 amide bonds. The van der Waals surface area contributed by atoms with E-state index in [4.69, 9.17) is 10.8 Å². The first-order valence-electron chi connectivity index (χ1n) is 4.23. The van der Waals surface area contributed by atoms with Crippen LogP contribution in [0, 0.1) is 0 Å². The van der Waals surface area contributed by atoms with Crippen molar-refractivity contribution in [1.29, 1.82) is 0 Å². The molecule has 0 bridgehead atoms. The number of nitrogens with zero attached hydrogens (tertiary/aromatic N) is 1. The van der Waals surface area contributed by atoms with Gasteiger partial charge in [-0.3, -0.25) is 4.79 Å². The Labute approximate surface area is 72.3 Å². The van der Waals surface area contributed by atoms with E-state index in [0.717, 1.165) is 19.4 Å². The Morgan fingerprint density at radius 2 is 2.42 bits per heavy atom. The standard InChI is InChI=1S/C8H16N2O2/c1-7(12)10-4-2-3-8(9,5-10)6-11/h11H,2-6,9H2,1H3. The number of hydrogen-bond donors (Lipinski definition) is 2. The highest BCUT2D eigenvalue weighted by Crippen LogP contribution is 2.17. The maximum absolute atomic E-state index is 11.0. The van der Waals surface area contributed by atoms with Crippen LogP contribution in [0.25, 0.3) is 0 Å². The van der Waals surface area contributed by atoms with E-state index in [-0.39, 0.29) is 12.5 Å². The smallest absolute Gasteiger partial charge is 0.219 e. The third kappa shape index (κ3) is 1.95. The largest absolute Gasteiger partial charge is 0.394 e. The SMILES string of the molecule is CC(=O)N1CCCC(N)(CO)C1. The molecule has 1 atom stereocenters. The van der Waals surface area contributed by atoms with Gasteiger partial charge in [0.1, 0.15) is 0 Å². The molecule has 1 heterocycles. The van der Waals surface area contributed by atoms with Gasteiger partial charge in [-0.2, -0.15) is 0 Å². The summed E-state index contributed by atoms with van der Waals surface area (Å²) in [6.45, 7) is 2.74. The zero-order chi connectivity index (χ0) is 9.19. The Morgan fingerprint density at radius 3 is 2.92 bits per heavy atom. The molecule has 0 aromatic rings. The van der Waals surface area contributed by atoms with E-state index in [0.29, 0.717) is 6.54 Å². The van der Waals surface area contributed by atoms with Crippen LogP contribution in [0.3, 0.4) is 0 Å². The summed E-state index contributed by atoms with van der Waals surface area (Å²) in [5.74, 6) is 0.0398. The van der Waals surface area contributed by atoms with Gasteiger partial charge in [-0.25, -0.2) is 0 Å². The number of aliphatic hydroxyl groups is 1. The summed E-state index contributed by atoms with van der Waals surface area (Å²) in [6.07, 6.45) is 1.68. The van der Waals surface area contributed by atoms with Crippen molar-refractivity contribution in [2.24, 2.45) is 5.73 Å². The van der Waals surface area contributed by atoms with Crippen molar-refractivity contribution >= 4 is 5.91 Å². The Kier molecular flexibility index (Phi) is 2.69. The number of piperidine rings is 1. The minimum atomic E-state index is -0.566. The third-order valence-corrected chi connectivity index (χ3v) is 2.37. The first-order valence-corrected chi connectivity index (χ1v) is 4.23. The number of aliphatic hydroxyl groups excluding tert-OH is 1. The van der Waals surface area contributed by atoms with Crippen LogP contribution in [0.5, 0.6) is 0 Å². The summed E-state index contributed by atoms with van der Waals surface area (Å²) in [7, 11) is 0. The molecular formula is C8H16N2O2. The Bertz CT molecular complexity index is 184. The number of nitrogens with two attached hydrogens (primary N) is 1. The van der Waals surface area contributed by atoms with Gasteiger partial charge in [0, 0.05) is 20.0 Å². The van der Waals surface area contributed by atoms with Gasteiger partial charge in [0.15, 0.2) is 0 Å². The van der Waals surface area contributed by atoms with Crippen molar-refractivity contribution in [2.45, 2.75) is 25.3 Å². The van der Waals surface area contributed by atoms with Gasteiger partial charge >= 0.3 is 0 Å². The second-order valence-electron chi connectivity index (χ2n) is 3.56. The molecule has 0 saturated carbocycles. The minimum absolute atomic E-state index is 0.0398. The molecule has 12 heavy (non-hydrogen) atoms. The molecule has 0 aromatic heterocycles. The average molecular weight is 172 g/mol. The van der Waals surface area contributed by atoms with Crippen LogP contribution >= 0.6 is 0 Å². The molecule has 3 N–H and O–H groups in total. The monoisotopic (exact) mass is 172 g/mol. The highest BCUT2D eigenvalue weighted by molar-refractivity contribution is 5.73. The average Bonchev–Trinajstić information content (AvgIpc) is 2.05. The van der Waals surface area contributed by atoms with E-state index in [9.17, 15) is 4.79 Å². The highest BCUT2D eigenvalue weighted by Gasteiger charge is 2.31. The molecule has 0 spiro atoms. The van der Waals surface area contributed by atoms with Gasteiger partial charge in [-0.1, -0.05) is 0 Å². The van der Waals surface area contributed by atoms with Crippen LogP contribution in [0.1, 0.15) is 19.8 Å². The summed E-state index contributed by atoms with van der Waals surface area (Å²) in [5.41, 5.74) is 5.28. The van der Waals surface area contributed by atoms with E-state index in [1.165, 1.54) is 6.92 Å². The topological polar surface area (TPSA) is 66.6 Å². The van der Waals surface area contributed by atoms with E-state index in [1.807, 2.05) is 0 Å². The minimum Gasteiger partial charge on any atom is -0.394 e. The van der Waals surface area contributed by atoms with Gasteiger partial charge in [0.2, 0.25) is 5.91 Å². The van der Waals surface area contributed by atoms with E-state index in [2.05, 4.69) is 0 Å².